The van der Waals surface area contributed by atoms with E-state index in [4.69, 9.17) is 21.1 Å². The molecule has 2 N–H and O–H groups in total. The number of benzene rings is 3. The molecule has 6 nitrogen and oxygen atoms in total. The summed E-state index contributed by atoms with van der Waals surface area (Å²) in [6.45, 7) is 3.54. The highest BCUT2D eigenvalue weighted by Crippen LogP contribution is 2.31. The number of ether oxygens (including phenoxy) is 2. The number of carbonyl (C=O) groups excluding carboxylic acids is 2. The van der Waals surface area contributed by atoms with Crippen LogP contribution in [0.3, 0.4) is 0 Å². The fourth-order valence-electron chi connectivity index (χ4n) is 2.99. The molecule has 0 saturated carbocycles. The quantitative estimate of drug-likeness (QED) is 0.576. The van der Waals surface area contributed by atoms with Crippen LogP contribution < -0.4 is 20.1 Å². The standard InChI is InChI=1S/C23H23ClN2O4/c1-14(2)25-22(27)13-30-21-11-16-7-5-4-6-15(16)10-18(21)23(28)26-19-12-17(24)8-9-20(19)29-3/h4-12,14H,13H2,1-3H3,(H,25,27)(H,26,28). The fraction of sp³-hybridized carbons (Fsp3) is 0.217. The highest BCUT2D eigenvalue weighted by atomic mass is 35.5. The topological polar surface area (TPSA) is 76.7 Å². The molecule has 0 spiro atoms. The number of carbonyl (C=O) groups is 2. The van der Waals surface area contributed by atoms with E-state index in [2.05, 4.69) is 10.6 Å². The van der Waals surface area contributed by atoms with Crippen molar-refractivity contribution in [2.24, 2.45) is 0 Å². The Morgan fingerprint density at radius 2 is 1.70 bits per heavy atom. The average Bonchev–Trinajstić information content (AvgIpc) is 2.71. The molecule has 0 bridgehead atoms. The summed E-state index contributed by atoms with van der Waals surface area (Å²) >= 11 is 6.06. The maximum Gasteiger partial charge on any atom is 0.259 e. The summed E-state index contributed by atoms with van der Waals surface area (Å²) in [4.78, 5) is 25.1. The molecule has 0 saturated heterocycles. The minimum absolute atomic E-state index is 0.00392. The van der Waals surface area contributed by atoms with Gasteiger partial charge in [-0.1, -0.05) is 35.9 Å². The van der Waals surface area contributed by atoms with E-state index in [1.165, 1.54) is 7.11 Å². The van der Waals surface area contributed by atoms with Crippen LogP contribution in [0.4, 0.5) is 5.69 Å². The van der Waals surface area contributed by atoms with Crippen LogP contribution in [0.25, 0.3) is 10.8 Å². The van der Waals surface area contributed by atoms with E-state index in [1.807, 2.05) is 38.1 Å². The normalized spacial score (nSPS) is 10.7. The van der Waals surface area contributed by atoms with Crippen molar-refractivity contribution in [3.05, 3.63) is 65.2 Å². The number of halogens is 1. The van der Waals surface area contributed by atoms with E-state index in [0.717, 1.165) is 10.8 Å². The summed E-state index contributed by atoms with van der Waals surface area (Å²) < 4.78 is 11.0. The second kappa shape index (κ2) is 9.50. The van der Waals surface area contributed by atoms with Crippen LogP contribution in [0.5, 0.6) is 11.5 Å². The van der Waals surface area contributed by atoms with Gasteiger partial charge in [-0.3, -0.25) is 9.59 Å². The number of rotatable bonds is 7. The Morgan fingerprint density at radius 1 is 1.00 bits per heavy atom. The van der Waals surface area contributed by atoms with Gasteiger partial charge in [0, 0.05) is 11.1 Å². The van der Waals surface area contributed by atoms with Crippen molar-refractivity contribution in [2.75, 3.05) is 19.0 Å². The van der Waals surface area contributed by atoms with Crippen molar-refractivity contribution in [3.8, 4) is 11.5 Å². The van der Waals surface area contributed by atoms with Crippen molar-refractivity contribution in [1.29, 1.82) is 0 Å². The van der Waals surface area contributed by atoms with Crippen LogP contribution in [0.15, 0.2) is 54.6 Å². The fourth-order valence-corrected chi connectivity index (χ4v) is 3.16. The number of anilines is 1. The van der Waals surface area contributed by atoms with Gasteiger partial charge in [0.25, 0.3) is 11.8 Å². The van der Waals surface area contributed by atoms with E-state index in [0.29, 0.717) is 27.8 Å². The Balaban J connectivity index is 1.93. The van der Waals surface area contributed by atoms with Gasteiger partial charge >= 0.3 is 0 Å². The summed E-state index contributed by atoms with van der Waals surface area (Å²) in [7, 11) is 1.51. The van der Waals surface area contributed by atoms with Gasteiger partial charge in [0.1, 0.15) is 11.5 Å². The lowest BCUT2D eigenvalue weighted by molar-refractivity contribution is -0.123. The van der Waals surface area contributed by atoms with Gasteiger partial charge < -0.3 is 20.1 Å². The van der Waals surface area contributed by atoms with Gasteiger partial charge in [-0.2, -0.15) is 0 Å². The number of nitrogens with one attached hydrogen (secondary N) is 2. The molecular formula is C23H23ClN2O4. The van der Waals surface area contributed by atoms with Gasteiger partial charge in [0.2, 0.25) is 0 Å². The SMILES string of the molecule is COc1ccc(Cl)cc1NC(=O)c1cc2ccccc2cc1OCC(=O)NC(C)C. The van der Waals surface area contributed by atoms with Crippen LogP contribution in [0.1, 0.15) is 24.2 Å². The van der Waals surface area contributed by atoms with Crippen LogP contribution in [-0.4, -0.2) is 31.6 Å². The average molecular weight is 427 g/mol. The molecule has 3 aromatic carbocycles. The maximum absolute atomic E-state index is 13.1. The van der Waals surface area contributed by atoms with Gasteiger partial charge in [0.05, 0.1) is 18.4 Å². The van der Waals surface area contributed by atoms with Crippen LogP contribution in [-0.2, 0) is 4.79 Å². The number of amides is 2. The molecule has 0 aromatic heterocycles. The van der Waals surface area contributed by atoms with E-state index >= 15 is 0 Å². The van der Waals surface area contributed by atoms with Gasteiger partial charge in [-0.05, 0) is 55.0 Å². The predicted molar refractivity (Wildman–Crippen MR) is 119 cm³/mol. The zero-order valence-electron chi connectivity index (χ0n) is 17.0. The molecular weight excluding hydrogens is 404 g/mol. The third-order valence-electron chi connectivity index (χ3n) is 4.31. The Kier molecular flexibility index (Phi) is 6.79. The van der Waals surface area contributed by atoms with Crippen molar-refractivity contribution >= 4 is 39.9 Å². The highest BCUT2D eigenvalue weighted by molar-refractivity contribution is 6.31. The van der Waals surface area contributed by atoms with Crippen LogP contribution in [0.2, 0.25) is 5.02 Å². The second-order valence-electron chi connectivity index (χ2n) is 7.01. The first-order chi connectivity index (χ1) is 14.4. The molecule has 0 fully saturated rings. The lowest BCUT2D eigenvalue weighted by atomic mass is 10.1. The second-order valence-corrected chi connectivity index (χ2v) is 7.44. The highest BCUT2D eigenvalue weighted by Gasteiger charge is 2.17. The lowest BCUT2D eigenvalue weighted by Crippen LogP contribution is -2.34. The van der Waals surface area contributed by atoms with Crippen LogP contribution in [0, 0.1) is 0 Å². The number of hydrogen-bond donors (Lipinski definition) is 2. The zero-order chi connectivity index (χ0) is 21.7. The molecule has 0 unspecified atom stereocenters. The zero-order valence-corrected chi connectivity index (χ0v) is 17.7. The number of methoxy groups -OCH3 is 1. The first-order valence-corrected chi connectivity index (χ1v) is 9.85. The Labute approximate surface area is 180 Å². The Hall–Kier alpha value is -3.25. The predicted octanol–water partition coefficient (Wildman–Crippen LogP) is 4.66. The van der Waals surface area contributed by atoms with Crippen molar-refractivity contribution in [3.63, 3.8) is 0 Å². The third-order valence-corrected chi connectivity index (χ3v) is 4.55. The Bertz CT molecular complexity index is 1080. The van der Waals surface area contributed by atoms with Crippen LogP contribution >= 0.6 is 11.6 Å². The molecule has 7 heteroatoms. The Morgan fingerprint density at radius 3 is 2.37 bits per heavy atom. The lowest BCUT2D eigenvalue weighted by Gasteiger charge is -2.15. The maximum atomic E-state index is 13.1. The summed E-state index contributed by atoms with van der Waals surface area (Å²) in [5.41, 5.74) is 0.736. The summed E-state index contributed by atoms with van der Waals surface area (Å²) in [6.07, 6.45) is 0. The molecule has 0 atom stereocenters. The largest absolute Gasteiger partial charge is 0.495 e. The molecule has 2 amide bonds. The number of fused-ring (bicyclic) bond motifs is 1. The smallest absolute Gasteiger partial charge is 0.259 e. The van der Waals surface area contributed by atoms with Gasteiger partial charge in [-0.25, -0.2) is 0 Å². The number of hydrogen-bond acceptors (Lipinski definition) is 4. The monoisotopic (exact) mass is 426 g/mol. The first kappa shape index (κ1) is 21.5. The van der Waals surface area contributed by atoms with Crippen molar-refractivity contribution < 1.29 is 19.1 Å². The van der Waals surface area contributed by atoms with E-state index < -0.39 is 5.91 Å². The summed E-state index contributed by atoms with van der Waals surface area (Å²) in [5, 5.41) is 7.81. The first-order valence-electron chi connectivity index (χ1n) is 9.47. The van der Waals surface area contributed by atoms with E-state index in [9.17, 15) is 9.59 Å². The summed E-state index contributed by atoms with van der Waals surface area (Å²) in [6, 6.07) is 16.0. The molecule has 0 radical (unpaired) electrons. The molecule has 30 heavy (non-hydrogen) atoms. The van der Waals surface area contributed by atoms with Gasteiger partial charge in [0.15, 0.2) is 6.61 Å². The minimum Gasteiger partial charge on any atom is -0.495 e. The van der Waals surface area contributed by atoms with Crippen molar-refractivity contribution in [1.82, 2.24) is 5.32 Å². The molecule has 3 aromatic rings. The molecule has 156 valence electrons. The molecule has 0 aliphatic carbocycles. The van der Waals surface area contributed by atoms with E-state index in [1.54, 1.807) is 30.3 Å². The molecule has 0 heterocycles. The third kappa shape index (κ3) is 5.21. The summed E-state index contributed by atoms with van der Waals surface area (Å²) in [5.74, 6) is 0.125. The molecule has 0 aliphatic rings. The van der Waals surface area contributed by atoms with Gasteiger partial charge in [-0.15, -0.1) is 0 Å². The van der Waals surface area contributed by atoms with Crippen molar-refractivity contribution in [2.45, 2.75) is 19.9 Å². The molecule has 3 rings (SSSR count). The molecule has 0 aliphatic heterocycles. The van der Waals surface area contributed by atoms with E-state index in [-0.39, 0.29) is 18.6 Å². The minimum atomic E-state index is -0.402.